The van der Waals surface area contributed by atoms with Gasteiger partial charge in [-0.2, -0.15) is 0 Å². The van der Waals surface area contributed by atoms with Crippen molar-refractivity contribution < 1.29 is 4.79 Å². The molecule has 1 saturated heterocycles. The zero-order chi connectivity index (χ0) is 17.9. The molecule has 1 atom stereocenters. The quantitative estimate of drug-likeness (QED) is 0.836. The Kier molecular flexibility index (Phi) is 4.93. The highest BCUT2D eigenvalue weighted by Crippen LogP contribution is 2.37. The molecule has 2 aliphatic heterocycles. The number of rotatable bonds is 3. The van der Waals surface area contributed by atoms with Gasteiger partial charge in [-0.15, -0.1) is 0 Å². The number of carbonyl (C=O) groups excluding carboxylic acids is 1. The summed E-state index contributed by atoms with van der Waals surface area (Å²) in [7, 11) is 0. The molecule has 26 heavy (non-hydrogen) atoms. The Labute approximate surface area is 156 Å². The second-order valence-electron chi connectivity index (χ2n) is 7.24. The number of hydrogen-bond donors (Lipinski definition) is 0. The van der Waals surface area contributed by atoms with Crippen molar-refractivity contribution in [3.63, 3.8) is 0 Å². The Morgan fingerprint density at radius 3 is 2.19 bits per heavy atom. The maximum Gasteiger partial charge on any atom is 0.244 e. The largest absolute Gasteiger partial charge is 0.338 e. The third-order valence-electron chi connectivity index (χ3n) is 5.64. The van der Waals surface area contributed by atoms with Crippen LogP contribution in [0.3, 0.4) is 0 Å². The van der Waals surface area contributed by atoms with Gasteiger partial charge in [0.1, 0.15) is 0 Å². The first kappa shape index (κ1) is 17.1. The summed E-state index contributed by atoms with van der Waals surface area (Å²) in [4.78, 5) is 19.9. The number of fused-ring (bicyclic) bond motifs is 1. The van der Waals surface area contributed by atoms with Crippen LogP contribution in [-0.4, -0.2) is 43.0 Å². The summed E-state index contributed by atoms with van der Waals surface area (Å²) >= 11 is 0. The lowest BCUT2D eigenvalue weighted by Crippen LogP contribution is -2.52. The number of piperidine rings is 1. The Hall–Kier alpha value is -2.33. The summed E-state index contributed by atoms with van der Waals surface area (Å²) in [6.45, 7) is 5.69. The van der Waals surface area contributed by atoms with Crippen LogP contribution in [0.5, 0.6) is 0 Å². The van der Waals surface area contributed by atoms with E-state index in [1.165, 1.54) is 24.9 Å². The molecule has 2 aromatic rings. The van der Waals surface area contributed by atoms with Crippen molar-refractivity contribution in [3.05, 3.63) is 54.6 Å². The molecule has 1 amide bonds. The molecule has 0 aliphatic carbocycles. The van der Waals surface area contributed by atoms with E-state index in [1.54, 1.807) is 0 Å². The van der Waals surface area contributed by atoms with Crippen molar-refractivity contribution in [2.24, 2.45) is 0 Å². The molecule has 2 aliphatic rings. The van der Waals surface area contributed by atoms with Crippen LogP contribution < -0.4 is 9.80 Å². The van der Waals surface area contributed by atoms with Gasteiger partial charge in [0, 0.05) is 18.8 Å². The van der Waals surface area contributed by atoms with Crippen LogP contribution in [-0.2, 0) is 4.79 Å². The van der Waals surface area contributed by atoms with E-state index in [1.807, 2.05) is 17.0 Å². The zero-order valence-corrected chi connectivity index (χ0v) is 15.5. The Morgan fingerprint density at radius 2 is 1.46 bits per heavy atom. The van der Waals surface area contributed by atoms with Crippen LogP contribution in [0.1, 0.15) is 26.2 Å². The predicted octanol–water partition coefficient (Wildman–Crippen LogP) is 4.05. The Bertz CT molecular complexity index is 755. The molecule has 0 spiro atoms. The fraction of sp³-hybridized carbons (Fsp3) is 0.409. The first-order valence-corrected chi connectivity index (χ1v) is 9.73. The van der Waals surface area contributed by atoms with E-state index in [-0.39, 0.29) is 11.9 Å². The maximum absolute atomic E-state index is 13.3. The molecule has 4 nitrogen and oxygen atoms in total. The number of hydrogen-bond acceptors (Lipinski definition) is 3. The van der Waals surface area contributed by atoms with Gasteiger partial charge in [0.15, 0.2) is 0 Å². The standard InChI is InChI=1S/C22H27N3O/c1-18(23-14-8-3-9-15-23)22(26)25-17-16-24(19-10-4-2-5-11-19)20-12-6-7-13-21(20)25/h2,4-7,10-13,18H,3,8-9,14-17H2,1H3. The van der Waals surface area contributed by atoms with Crippen LogP contribution in [0, 0.1) is 0 Å². The van der Waals surface area contributed by atoms with E-state index >= 15 is 0 Å². The number of benzene rings is 2. The summed E-state index contributed by atoms with van der Waals surface area (Å²) in [6, 6.07) is 18.6. The minimum Gasteiger partial charge on any atom is -0.338 e. The number of likely N-dealkylation sites (tertiary alicyclic amines) is 1. The molecule has 1 unspecified atom stereocenters. The normalized spacial score (nSPS) is 19.1. The highest BCUT2D eigenvalue weighted by Gasteiger charge is 2.32. The second kappa shape index (κ2) is 7.50. The summed E-state index contributed by atoms with van der Waals surface area (Å²) in [6.07, 6.45) is 3.70. The number of anilines is 3. The fourth-order valence-electron chi connectivity index (χ4n) is 4.15. The molecule has 0 saturated carbocycles. The van der Waals surface area contributed by atoms with Gasteiger partial charge in [-0.25, -0.2) is 0 Å². The molecule has 0 radical (unpaired) electrons. The van der Waals surface area contributed by atoms with Crippen molar-refractivity contribution in [1.82, 2.24) is 4.90 Å². The second-order valence-corrected chi connectivity index (χ2v) is 7.24. The lowest BCUT2D eigenvalue weighted by Gasteiger charge is -2.40. The highest BCUT2D eigenvalue weighted by molar-refractivity contribution is 6.01. The van der Waals surface area contributed by atoms with Gasteiger partial charge in [0.25, 0.3) is 0 Å². The number of nitrogens with zero attached hydrogens (tertiary/aromatic N) is 3. The Morgan fingerprint density at radius 1 is 0.808 bits per heavy atom. The summed E-state index contributed by atoms with van der Waals surface area (Å²) in [5, 5.41) is 0. The molecule has 4 rings (SSSR count). The van der Waals surface area contributed by atoms with Gasteiger partial charge in [-0.1, -0.05) is 36.8 Å². The van der Waals surface area contributed by atoms with Crippen molar-refractivity contribution in [3.8, 4) is 0 Å². The number of para-hydroxylation sites is 3. The maximum atomic E-state index is 13.3. The van der Waals surface area contributed by atoms with Gasteiger partial charge < -0.3 is 9.80 Å². The van der Waals surface area contributed by atoms with Gasteiger partial charge in [0.2, 0.25) is 5.91 Å². The smallest absolute Gasteiger partial charge is 0.244 e. The fourth-order valence-corrected chi connectivity index (χ4v) is 4.15. The molecule has 2 heterocycles. The third kappa shape index (κ3) is 3.21. The van der Waals surface area contributed by atoms with Crippen LogP contribution in [0.2, 0.25) is 0 Å². The topological polar surface area (TPSA) is 26.8 Å². The van der Waals surface area contributed by atoms with Crippen LogP contribution in [0.4, 0.5) is 17.1 Å². The number of amides is 1. The Balaban J connectivity index is 1.61. The first-order valence-electron chi connectivity index (χ1n) is 9.73. The molecule has 136 valence electrons. The lowest BCUT2D eigenvalue weighted by molar-refractivity contribution is -0.123. The van der Waals surface area contributed by atoms with E-state index in [9.17, 15) is 4.79 Å². The average Bonchev–Trinajstić information content (AvgIpc) is 2.73. The highest BCUT2D eigenvalue weighted by atomic mass is 16.2. The summed E-state index contributed by atoms with van der Waals surface area (Å²) in [5.74, 6) is 0.229. The van der Waals surface area contributed by atoms with E-state index in [2.05, 4.69) is 59.2 Å². The minimum atomic E-state index is -0.0494. The molecule has 2 aromatic carbocycles. The van der Waals surface area contributed by atoms with Crippen molar-refractivity contribution in [1.29, 1.82) is 0 Å². The first-order chi connectivity index (χ1) is 12.8. The SMILES string of the molecule is CC(C(=O)N1CCN(c2ccccc2)c2ccccc21)N1CCCCC1. The monoisotopic (exact) mass is 349 g/mol. The molecular formula is C22H27N3O. The summed E-state index contributed by atoms with van der Waals surface area (Å²) in [5.41, 5.74) is 3.32. The van der Waals surface area contributed by atoms with Gasteiger partial charge in [0.05, 0.1) is 17.4 Å². The van der Waals surface area contributed by atoms with Crippen molar-refractivity contribution >= 4 is 23.0 Å². The van der Waals surface area contributed by atoms with E-state index in [0.29, 0.717) is 0 Å². The third-order valence-corrected chi connectivity index (χ3v) is 5.64. The van der Waals surface area contributed by atoms with Crippen LogP contribution in [0.15, 0.2) is 54.6 Å². The van der Waals surface area contributed by atoms with Crippen molar-refractivity contribution in [2.75, 3.05) is 36.0 Å². The molecule has 0 aromatic heterocycles. The lowest BCUT2D eigenvalue weighted by atomic mass is 10.1. The number of carbonyl (C=O) groups is 1. The molecule has 4 heteroatoms. The molecule has 0 N–H and O–H groups in total. The van der Waals surface area contributed by atoms with E-state index < -0.39 is 0 Å². The minimum absolute atomic E-state index is 0.0494. The molecule has 0 bridgehead atoms. The summed E-state index contributed by atoms with van der Waals surface area (Å²) < 4.78 is 0. The predicted molar refractivity (Wildman–Crippen MR) is 107 cm³/mol. The zero-order valence-electron chi connectivity index (χ0n) is 15.5. The van der Waals surface area contributed by atoms with Gasteiger partial charge in [-0.05, 0) is 57.1 Å². The van der Waals surface area contributed by atoms with E-state index in [4.69, 9.17) is 0 Å². The van der Waals surface area contributed by atoms with E-state index in [0.717, 1.165) is 37.6 Å². The van der Waals surface area contributed by atoms with Gasteiger partial charge in [-0.3, -0.25) is 9.69 Å². The van der Waals surface area contributed by atoms with Gasteiger partial charge >= 0.3 is 0 Å². The van der Waals surface area contributed by atoms with Crippen molar-refractivity contribution in [2.45, 2.75) is 32.2 Å². The molecular weight excluding hydrogens is 322 g/mol. The van der Waals surface area contributed by atoms with Crippen LogP contribution >= 0.6 is 0 Å². The average molecular weight is 349 g/mol. The molecule has 1 fully saturated rings. The van der Waals surface area contributed by atoms with Crippen LogP contribution in [0.25, 0.3) is 0 Å².